The van der Waals surface area contributed by atoms with Crippen molar-refractivity contribution in [3.05, 3.63) is 83.1 Å². The lowest BCUT2D eigenvalue weighted by molar-refractivity contribution is 0.102. The molecule has 2 aliphatic heterocycles. The van der Waals surface area contributed by atoms with Crippen LogP contribution in [0.5, 0.6) is 0 Å². The first-order valence-corrected chi connectivity index (χ1v) is 10.2. The molecule has 2 aliphatic rings. The molecule has 1 N–H and O–H groups in total. The molecule has 158 valence electrons. The third-order valence-corrected chi connectivity index (χ3v) is 5.81. The van der Waals surface area contributed by atoms with Gasteiger partial charge in [0.25, 0.3) is 5.91 Å². The van der Waals surface area contributed by atoms with E-state index in [2.05, 4.69) is 49.6 Å². The minimum absolute atomic E-state index is 0.0947. The van der Waals surface area contributed by atoms with Crippen molar-refractivity contribution >= 4 is 17.4 Å². The van der Waals surface area contributed by atoms with Gasteiger partial charge >= 0.3 is 0 Å². The Kier molecular flexibility index (Phi) is 5.07. The Morgan fingerprint density at radius 3 is 2.71 bits per heavy atom. The molecular formula is C23H21F2N5O. The number of anilines is 2. The van der Waals surface area contributed by atoms with E-state index in [1.165, 1.54) is 11.6 Å². The number of amides is 1. The number of benzene rings is 2. The van der Waals surface area contributed by atoms with Crippen LogP contribution >= 0.6 is 0 Å². The van der Waals surface area contributed by atoms with Gasteiger partial charge in [-0.25, -0.2) is 8.78 Å². The lowest BCUT2D eigenvalue weighted by atomic mass is 10.1. The van der Waals surface area contributed by atoms with Gasteiger partial charge in [0.05, 0.1) is 5.69 Å². The summed E-state index contributed by atoms with van der Waals surface area (Å²) in [5.41, 5.74) is 2.27. The summed E-state index contributed by atoms with van der Waals surface area (Å²) < 4.78 is 26.9. The van der Waals surface area contributed by atoms with Crippen LogP contribution in [-0.2, 0) is 13.0 Å². The molecule has 1 fully saturated rings. The molecule has 0 saturated carbocycles. The molecule has 1 aromatic heterocycles. The summed E-state index contributed by atoms with van der Waals surface area (Å²) in [7, 11) is 0. The molecule has 31 heavy (non-hydrogen) atoms. The van der Waals surface area contributed by atoms with Crippen LogP contribution in [0.4, 0.5) is 20.3 Å². The topological polar surface area (TPSA) is 61.4 Å². The third kappa shape index (κ3) is 3.98. The van der Waals surface area contributed by atoms with Crippen molar-refractivity contribution in [2.45, 2.75) is 19.0 Å². The average Bonchev–Trinajstić information content (AvgIpc) is 3.13. The first kappa shape index (κ1) is 19.6. The highest BCUT2D eigenvalue weighted by atomic mass is 19.1. The number of carbonyl (C=O) groups is 1. The predicted molar refractivity (Wildman–Crippen MR) is 113 cm³/mol. The number of aromatic nitrogens is 2. The summed E-state index contributed by atoms with van der Waals surface area (Å²) >= 11 is 0. The van der Waals surface area contributed by atoms with Crippen LogP contribution in [0.25, 0.3) is 0 Å². The van der Waals surface area contributed by atoms with Crippen molar-refractivity contribution in [2.75, 3.05) is 29.9 Å². The fourth-order valence-electron chi connectivity index (χ4n) is 4.32. The standard InChI is InChI=1S/C23H21F2N5O/c24-17-6-7-20(19(25)12-17)26-23(31)21-11-16-10-18-14-29(13-15-4-2-1-3-5-15)8-9-30(18)22(16)28-27-21/h1-7,11-12,18H,8-10,13-14H2,(H,26,31). The zero-order valence-electron chi connectivity index (χ0n) is 16.8. The largest absolute Gasteiger partial charge is 0.349 e. The van der Waals surface area contributed by atoms with E-state index in [-0.39, 0.29) is 17.4 Å². The van der Waals surface area contributed by atoms with Gasteiger partial charge in [0, 0.05) is 43.9 Å². The third-order valence-electron chi connectivity index (χ3n) is 5.81. The van der Waals surface area contributed by atoms with Crippen LogP contribution in [0.1, 0.15) is 21.6 Å². The minimum atomic E-state index is -0.835. The van der Waals surface area contributed by atoms with E-state index in [4.69, 9.17) is 0 Å². The van der Waals surface area contributed by atoms with E-state index < -0.39 is 17.5 Å². The summed E-state index contributed by atoms with van der Waals surface area (Å²) in [5.74, 6) is -1.30. The second-order valence-electron chi connectivity index (χ2n) is 7.93. The lowest BCUT2D eigenvalue weighted by Crippen LogP contribution is -2.51. The molecule has 1 atom stereocenters. The number of nitrogens with one attached hydrogen (secondary N) is 1. The number of hydrogen-bond donors (Lipinski definition) is 1. The normalized spacial score (nSPS) is 17.9. The Balaban J connectivity index is 1.28. The molecule has 1 amide bonds. The van der Waals surface area contributed by atoms with Gasteiger partial charge in [-0.05, 0) is 30.2 Å². The van der Waals surface area contributed by atoms with Crippen LogP contribution in [0.3, 0.4) is 0 Å². The van der Waals surface area contributed by atoms with E-state index in [9.17, 15) is 13.6 Å². The highest BCUT2D eigenvalue weighted by Crippen LogP contribution is 2.32. The zero-order valence-corrected chi connectivity index (χ0v) is 16.8. The number of fused-ring (bicyclic) bond motifs is 3. The van der Waals surface area contributed by atoms with Crippen LogP contribution in [0, 0.1) is 11.6 Å². The number of hydrogen-bond acceptors (Lipinski definition) is 5. The average molecular weight is 421 g/mol. The Hall–Kier alpha value is -3.39. The molecule has 5 rings (SSSR count). The maximum Gasteiger partial charge on any atom is 0.276 e. The van der Waals surface area contributed by atoms with E-state index >= 15 is 0 Å². The molecule has 0 bridgehead atoms. The molecular weight excluding hydrogens is 400 g/mol. The SMILES string of the molecule is O=C(Nc1ccc(F)cc1F)c1cc2c(nn1)N1CCN(Cc3ccccc3)CC1C2. The van der Waals surface area contributed by atoms with Gasteiger partial charge in [0.15, 0.2) is 11.5 Å². The summed E-state index contributed by atoms with van der Waals surface area (Å²) in [6, 6.07) is 15.4. The van der Waals surface area contributed by atoms with Crippen LogP contribution in [-0.4, -0.2) is 46.7 Å². The van der Waals surface area contributed by atoms with Crippen molar-refractivity contribution in [1.29, 1.82) is 0 Å². The van der Waals surface area contributed by atoms with Gasteiger partial charge in [-0.1, -0.05) is 30.3 Å². The Morgan fingerprint density at radius 1 is 1.06 bits per heavy atom. The maximum absolute atomic E-state index is 13.8. The van der Waals surface area contributed by atoms with Crippen molar-refractivity contribution in [2.24, 2.45) is 0 Å². The molecule has 8 heteroatoms. The van der Waals surface area contributed by atoms with Gasteiger partial charge in [-0.3, -0.25) is 9.69 Å². The molecule has 6 nitrogen and oxygen atoms in total. The summed E-state index contributed by atoms with van der Waals surface area (Å²) in [6.45, 7) is 3.60. The summed E-state index contributed by atoms with van der Waals surface area (Å²) in [6.07, 6.45) is 0.779. The zero-order chi connectivity index (χ0) is 21.4. The minimum Gasteiger partial charge on any atom is -0.349 e. The van der Waals surface area contributed by atoms with Gasteiger partial charge in [0.1, 0.15) is 11.6 Å². The number of carbonyl (C=O) groups excluding carboxylic acids is 1. The molecule has 3 heterocycles. The highest BCUT2D eigenvalue weighted by Gasteiger charge is 2.36. The second kappa shape index (κ2) is 8.03. The van der Waals surface area contributed by atoms with E-state index in [1.54, 1.807) is 6.07 Å². The van der Waals surface area contributed by atoms with Crippen molar-refractivity contribution in [1.82, 2.24) is 15.1 Å². The first-order chi connectivity index (χ1) is 15.1. The van der Waals surface area contributed by atoms with E-state index in [0.717, 1.165) is 56.1 Å². The molecule has 0 spiro atoms. The smallest absolute Gasteiger partial charge is 0.276 e. The van der Waals surface area contributed by atoms with Gasteiger partial charge < -0.3 is 10.2 Å². The molecule has 1 saturated heterocycles. The predicted octanol–water partition coefficient (Wildman–Crippen LogP) is 3.25. The Labute approximate surface area is 178 Å². The Morgan fingerprint density at radius 2 is 1.90 bits per heavy atom. The Bertz CT molecular complexity index is 1120. The molecule has 3 aromatic rings. The monoisotopic (exact) mass is 421 g/mol. The number of piperazine rings is 1. The summed E-state index contributed by atoms with van der Waals surface area (Å²) in [4.78, 5) is 17.2. The molecule has 0 aliphatic carbocycles. The molecule has 1 unspecified atom stereocenters. The number of nitrogens with zero attached hydrogens (tertiary/aromatic N) is 4. The van der Waals surface area contributed by atoms with Crippen molar-refractivity contribution in [3.8, 4) is 0 Å². The van der Waals surface area contributed by atoms with Crippen molar-refractivity contribution in [3.63, 3.8) is 0 Å². The number of rotatable bonds is 4. The maximum atomic E-state index is 13.8. The fraction of sp³-hybridized carbons (Fsp3) is 0.261. The van der Waals surface area contributed by atoms with Crippen LogP contribution in [0.2, 0.25) is 0 Å². The van der Waals surface area contributed by atoms with Gasteiger partial charge in [-0.15, -0.1) is 10.2 Å². The van der Waals surface area contributed by atoms with Crippen LogP contribution in [0.15, 0.2) is 54.6 Å². The van der Waals surface area contributed by atoms with Gasteiger partial charge in [0.2, 0.25) is 0 Å². The van der Waals surface area contributed by atoms with E-state index in [0.29, 0.717) is 0 Å². The number of halogens is 2. The first-order valence-electron chi connectivity index (χ1n) is 10.2. The lowest BCUT2D eigenvalue weighted by Gasteiger charge is -2.38. The second-order valence-corrected chi connectivity index (χ2v) is 7.93. The quantitative estimate of drug-likeness (QED) is 0.701. The molecule has 2 aromatic carbocycles. The fourth-order valence-corrected chi connectivity index (χ4v) is 4.32. The highest BCUT2D eigenvalue weighted by molar-refractivity contribution is 6.03. The van der Waals surface area contributed by atoms with Gasteiger partial charge in [-0.2, -0.15) is 0 Å². The van der Waals surface area contributed by atoms with Crippen LogP contribution < -0.4 is 10.2 Å². The molecule has 0 radical (unpaired) electrons. The van der Waals surface area contributed by atoms with E-state index in [1.807, 2.05) is 6.07 Å². The summed E-state index contributed by atoms with van der Waals surface area (Å²) in [5, 5.41) is 10.8. The van der Waals surface area contributed by atoms with Crippen molar-refractivity contribution < 1.29 is 13.6 Å².